The number of carbonyl (C=O) groups excluding carboxylic acids is 1. The van der Waals surface area contributed by atoms with Gasteiger partial charge in [-0.2, -0.15) is 0 Å². The highest BCUT2D eigenvalue weighted by Gasteiger charge is 2.11. The van der Waals surface area contributed by atoms with Crippen LogP contribution in [0.1, 0.15) is 11.1 Å². The van der Waals surface area contributed by atoms with Crippen LogP contribution in [0, 0.1) is 0 Å². The summed E-state index contributed by atoms with van der Waals surface area (Å²) in [7, 11) is 1.57. The van der Waals surface area contributed by atoms with Gasteiger partial charge in [-0.25, -0.2) is 4.79 Å². The number of fused-ring (bicyclic) bond motifs is 1. The fourth-order valence-electron chi connectivity index (χ4n) is 3.73. The molecule has 0 spiro atoms. The molecule has 8 heteroatoms. The van der Waals surface area contributed by atoms with E-state index in [-0.39, 0.29) is 22.5 Å². The van der Waals surface area contributed by atoms with Gasteiger partial charge in [0, 0.05) is 17.2 Å². The maximum Gasteiger partial charge on any atom is 0.336 e. The van der Waals surface area contributed by atoms with E-state index in [2.05, 4.69) is 0 Å². The second-order valence-corrected chi connectivity index (χ2v) is 9.04. The van der Waals surface area contributed by atoms with Crippen LogP contribution >= 0.6 is 11.6 Å². The van der Waals surface area contributed by atoms with Crippen molar-refractivity contribution in [3.8, 4) is 28.7 Å². The number of ether oxygens (including phenoxy) is 4. The highest BCUT2D eigenvalue weighted by molar-refractivity contribution is 6.30. The van der Waals surface area contributed by atoms with E-state index < -0.39 is 5.97 Å². The van der Waals surface area contributed by atoms with Crippen molar-refractivity contribution in [3.05, 3.63) is 130 Å². The predicted molar refractivity (Wildman–Crippen MR) is 152 cm³/mol. The molecule has 7 nitrogen and oxygen atoms in total. The number of hydrogen-bond donors (Lipinski definition) is 0. The lowest BCUT2D eigenvalue weighted by Crippen LogP contribution is -2.06. The van der Waals surface area contributed by atoms with Crippen LogP contribution in [0.5, 0.6) is 28.7 Å². The molecule has 200 valence electrons. The Balaban J connectivity index is 1.18. The molecule has 0 amide bonds. The minimum atomic E-state index is -0.579. The zero-order valence-corrected chi connectivity index (χ0v) is 22.1. The molecule has 0 radical (unpaired) electrons. The number of esters is 1. The molecule has 0 atom stereocenters. The van der Waals surface area contributed by atoms with Gasteiger partial charge in [-0.1, -0.05) is 35.9 Å². The van der Waals surface area contributed by atoms with Gasteiger partial charge in [0.05, 0.1) is 12.5 Å². The summed E-state index contributed by atoms with van der Waals surface area (Å²) in [6.07, 6.45) is 4.17. The van der Waals surface area contributed by atoms with Crippen molar-refractivity contribution in [1.82, 2.24) is 0 Å². The first-order chi connectivity index (χ1) is 19.5. The summed E-state index contributed by atoms with van der Waals surface area (Å²) in [6.45, 7) is 0.418. The molecule has 1 heterocycles. The molecular weight excluding hydrogens is 532 g/mol. The second-order valence-electron chi connectivity index (χ2n) is 8.60. The van der Waals surface area contributed by atoms with Gasteiger partial charge in [-0.05, 0) is 77.9 Å². The van der Waals surface area contributed by atoms with Crippen molar-refractivity contribution in [2.75, 3.05) is 7.11 Å². The van der Waals surface area contributed by atoms with Crippen LogP contribution in [0.3, 0.4) is 0 Å². The van der Waals surface area contributed by atoms with Gasteiger partial charge in [-0.15, -0.1) is 0 Å². The summed E-state index contributed by atoms with van der Waals surface area (Å²) >= 11 is 5.90. The zero-order valence-electron chi connectivity index (χ0n) is 21.3. The van der Waals surface area contributed by atoms with Gasteiger partial charge in [0.2, 0.25) is 11.2 Å². The Labute approximate surface area is 234 Å². The second kappa shape index (κ2) is 12.2. The predicted octanol–water partition coefficient (Wildman–Crippen LogP) is 7.45. The summed E-state index contributed by atoms with van der Waals surface area (Å²) in [5.41, 5.74) is 1.71. The first kappa shape index (κ1) is 26.6. The molecule has 0 N–H and O–H groups in total. The highest BCUT2D eigenvalue weighted by atomic mass is 35.5. The van der Waals surface area contributed by atoms with Crippen molar-refractivity contribution in [1.29, 1.82) is 0 Å². The lowest BCUT2D eigenvalue weighted by molar-refractivity contribution is -0.128. The molecule has 0 fully saturated rings. The molecule has 0 saturated carbocycles. The third-order valence-electron chi connectivity index (χ3n) is 5.83. The van der Waals surface area contributed by atoms with Crippen LogP contribution in [0.2, 0.25) is 5.02 Å². The number of rotatable bonds is 9. The number of benzene rings is 4. The quantitative estimate of drug-likeness (QED) is 0.106. The van der Waals surface area contributed by atoms with E-state index >= 15 is 0 Å². The van der Waals surface area contributed by atoms with E-state index in [4.69, 9.17) is 35.0 Å². The molecule has 0 aliphatic rings. The Kier molecular flexibility index (Phi) is 8.13. The Hall–Kier alpha value is -5.01. The molecule has 5 rings (SSSR count). The molecule has 0 aliphatic heterocycles. The third-order valence-corrected chi connectivity index (χ3v) is 6.08. The van der Waals surface area contributed by atoms with E-state index in [1.54, 1.807) is 37.5 Å². The van der Waals surface area contributed by atoms with E-state index in [1.807, 2.05) is 48.5 Å². The molecule has 5 aromatic rings. The van der Waals surface area contributed by atoms with Crippen molar-refractivity contribution in [2.24, 2.45) is 0 Å². The van der Waals surface area contributed by atoms with Crippen LogP contribution in [-0.2, 0) is 11.4 Å². The van der Waals surface area contributed by atoms with Gasteiger partial charge in [0.25, 0.3) is 0 Å². The van der Waals surface area contributed by atoms with E-state index in [9.17, 15) is 9.59 Å². The molecule has 0 saturated heterocycles. The Morgan fingerprint density at radius 3 is 2.25 bits per heavy atom. The molecule has 4 aromatic carbocycles. The van der Waals surface area contributed by atoms with Crippen molar-refractivity contribution in [3.63, 3.8) is 0 Å². The van der Waals surface area contributed by atoms with Gasteiger partial charge >= 0.3 is 5.97 Å². The monoisotopic (exact) mass is 554 g/mol. The average molecular weight is 555 g/mol. The maximum atomic E-state index is 12.9. The topological polar surface area (TPSA) is 84.2 Å². The summed E-state index contributed by atoms with van der Waals surface area (Å²) < 4.78 is 27.5. The van der Waals surface area contributed by atoms with Crippen LogP contribution in [0.25, 0.3) is 17.0 Å². The molecule has 40 heavy (non-hydrogen) atoms. The summed E-state index contributed by atoms with van der Waals surface area (Å²) in [4.78, 5) is 25.2. The minimum Gasteiger partial charge on any atom is -0.497 e. The highest BCUT2D eigenvalue weighted by Crippen LogP contribution is 2.25. The Morgan fingerprint density at radius 1 is 0.850 bits per heavy atom. The number of halogens is 1. The van der Waals surface area contributed by atoms with Crippen molar-refractivity contribution in [2.45, 2.75) is 6.61 Å². The van der Waals surface area contributed by atoms with E-state index in [1.165, 1.54) is 30.5 Å². The third kappa shape index (κ3) is 6.70. The van der Waals surface area contributed by atoms with Gasteiger partial charge in [0.15, 0.2) is 0 Å². The first-order valence-corrected chi connectivity index (χ1v) is 12.6. The fraction of sp³-hybridized carbons (Fsp3) is 0.0625. The van der Waals surface area contributed by atoms with Crippen LogP contribution in [-0.4, -0.2) is 13.1 Å². The largest absolute Gasteiger partial charge is 0.497 e. The molecule has 0 unspecified atom stereocenters. The smallest absolute Gasteiger partial charge is 0.336 e. The van der Waals surface area contributed by atoms with Gasteiger partial charge in [-0.3, -0.25) is 4.79 Å². The first-order valence-electron chi connectivity index (χ1n) is 12.2. The number of carbonyl (C=O) groups is 1. The molecule has 0 bridgehead atoms. The molecule has 0 aliphatic carbocycles. The Bertz CT molecular complexity index is 1700. The summed E-state index contributed by atoms with van der Waals surface area (Å²) in [6, 6.07) is 26.1. The standard InChI is InChI=1S/C32H23ClO7/c1-36-24-11-13-26(14-12-24)39-30-20-38-29-18-27(15-16-28(29)32(30)35)40-31(34)17-6-21-4-9-25(10-5-21)37-19-22-2-7-23(33)8-3-22/h2-18,20H,19H2,1H3/b17-6+. The zero-order chi connectivity index (χ0) is 27.9. The number of hydrogen-bond acceptors (Lipinski definition) is 7. The van der Waals surface area contributed by atoms with Crippen LogP contribution in [0.15, 0.2) is 113 Å². The van der Waals surface area contributed by atoms with E-state index in [0.717, 1.165) is 11.1 Å². The molecule has 1 aromatic heterocycles. The fourth-order valence-corrected chi connectivity index (χ4v) is 3.86. The van der Waals surface area contributed by atoms with Crippen molar-refractivity contribution < 1.29 is 28.2 Å². The number of methoxy groups -OCH3 is 1. The SMILES string of the molecule is COc1ccc(Oc2coc3cc(OC(=O)/C=C/c4ccc(OCc5ccc(Cl)cc5)cc4)ccc3c2=O)cc1. The van der Waals surface area contributed by atoms with Crippen molar-refractivity contribution >= 4 is 34.6 Å². The van der Waals surface area contributed by atoms with E-state index in [0.29, 0.717) is 34.3 Å². The Morgan fingerprint density at radius 2 is 1.52 bits per heavy atom. The summed E-state index contributed by atoms with van der Waals surface area (Å²) in [5.74, 6) is 1.52. The molecular formula is C32H23ClO7. The summed E-state index contributed by atoms with van der Waals surface area (Å²) in [5, 5.41) is 0.968. The lowest BCUT2D eigenvalue weighted by atomic mass is 10.2. The van der Waals surface area contributed by atoms with Gasteiger partial charge in [0.1, 0.15) is 41.5 Å². The normalized spacial score (nSPS) is 10.9. The maximum absolute atomic E-state index is 12.9. The average Bonchev–Trinajstić information content (AvgIpc) is 2.98. The van der Waals surface area contributed by atoms with Gasteiger partial charge < -0.3 is 23.4 Å². The minimum absolute atomic E-state index is 0.0340. The van der Waals surface area contributed by atoms with Crippen LogP contribution in [0.4, 0.5) is 0 Å². The lowest BCUT2D eigenvalue weighted by Gasteiger charge is -2.07. The van der Waals surface area contributed by atoms with Crippen LogP contribution < -0.4 is 24.4 Å².